The van der Waals surface area contributed by atoms with Gasteiger partial charge in [0.1, 0.15) is 36.6 Å². The predicted octanol–water partition coefficient (Wildman–Crippen LogP) is 19.2. The van der Waals surface area contributed by atoms with E-state index in [2.05, 4.69) is 20.8 Å². The maximum absolute atomic E-state index is 12.6. The number of cyclic esters (lactones) is 6. The van der Waals surface area contributed by atoms with Crippen molar-refractivity contribution in [1.82, 2.24) is 0 Å². The van der Waals surface area contributed by atoms with E-state index in [9.17, 15) is 57.5 Å². The first kappa shape index (κ1) is 98.7. The molecule has 0 aromatic carbocycles. The minimum Gasteiger partial charge on any atom is -0.465 e. The number of carbonyl (C=O) groups is 12. The standard InChI is InChI=1S/3C21H30O4.C20H28O4.C17H26O4.C15H22O4/c1-4-20(2,3)19(23)25-15-7-11-5-13(15)17-12-6-14(18(11)17)21(8-12)9-16(22)24-10-21;1-4-20(2,3)19(23)25-15-7-11-5-13(15)18-14-6-12(17(11)18)8-21(14)9-16(22)24-10-21;1-4-20(2,3)18(22)25-15-9-11-7-13(15)16-12-8-14(17(11)16)21(10-12)5-6-24-19(21)23;1-3-10(2)19(22)24-15-6-11-4-13(15)18-14-5-12(17(11)18)7-20(14)8-16(21)23-9-20;1-5-16(3,4)14(18)21-13-10(2)11-8-12(13)17(9-11)6-7-20-15(17)19;1-3-9(2)13(16)19-12-7-10-6-11(12)15(8-10)4-5-18-14(15)17/h2*11-15,17-18H,4-10H2,1-3H3;11-17H,4-10H2,1-3H3;10-15,17-18H,3-9H2,1-2H3;10-13H,5-9H2,1-4H3;9-12H,3-8H2,1-2H3. The van der Waals surface area contributed by atoms with E-state index < -0.39 is 5.41 Å². The third-order valence-corrected chi connectivity index (χ3v) is 46.7. The first-order chi connectivity index (χ1) is 66.0. The molecule has 20 aliphatic carbocycles. The van der Waals surface area contributed by atoms with Gasteiger partial charge in [-0.25, -0.2) is 0 Å². The van der Waals surface area contributed by atoms with E-state index in [4.69, 9.17) is 56.8 Å². The molecule has 0 aromatic heterocycles. The second-order valence-corrected chi connectivity index (χ2v) is 54.2. The third-order valence-electron chi connectivity index (χ3n) is 46.7. The predicted molar refractivity (Wildman–Crippen MR) is 506 cm³/mol. The molecule has 0 aromatic rings. The Bertz CT molecular complexity index is 4850. The summed E-state index contributed by atoms with van der Waals surface area (Å²) in [7, 11) is 0. The molecule has 6 saturated heterocycles. The van der Waals surface area contributed by atoms with Gasteiger partial charge >= 0.3 is 71.6 Å². The summed E-state index contributed by atoms with van der Waals surface area (Å²) in [5.41, 5.74) is -2.04. The Labute approximate surface area is 825 Å². The summed E-state index contributed by atoms with van der Waals surface area (Å²) >= 11 is 0. The molecular weight excluding hydrogens is 1770 g/mol. The van der Waals surface area contributed by atoms with Gasteiger partial charge in [0.15, 0.2) is 0 Å². The average Bonchev–Trinajstić information content (AvgIpc) is 1.53. The number of carbonyl (C=O) groups excluding carboxylic acids is 12. The van der Waals surface area contributed by atoms with Gasteiger partial charge in [0, 0.05) is 28.1 Å². The van der Waals surface area contributed by atoms with Gasteiger partial charge in [-0.3, -0.25) is 57.5 Å². The van der Waals surface area contributed by atoms with Crippen molar-refractivity contribution in [2.45, 2.75) is 366 Å². The monoisotopic (exact) mass is 1930 g/mol. The van der Waals surface area contributed by atoms with Crippen molar-refractivity contribution >= 4 is 71.6 Å². The second kappa shape index (κ2) is 35.5. The fourth-order valence-corrected chi connectivity index (χ4v) is 38.2. The lowest BCUT2D eigenvalue weighted by Gasteiger charge is -2.45. The van der Waals surface area contributed by atoms with E-state index in [1.807, 2.05) is 96.9 Å². The summed E-state index contributed by atoms with van der Waals surface area (Å²) in [6.07, 6.45) is 33.2. The zero-order chi connectivity index (χ0) is 98.4. The molecule has 6 aliphatic heterocycles. The lowest BCUT2D eigenvalue weighted by atomic mass is 9.60. The van der Waals surface area contributed by atoms with E-state index in [-0.39, 0.29) is 181 Å². The van der Waals surface area contributed by atoms with Crippen LogP contribution in [-0.2, 0) is 114 Å². The van der Waals surface area contributed by atoms with Gasteiger partial charge in [0.25, 0.3) is 0 Å². The molecule has 770 valence electrons. The highest BCUT2D eigenvalue weighted by atomic mass is 16.6. The number of fused-ring (bicyclic) bond motifs is 46. The molecule has 24 heteroatoms. The van der Waals surface area contributed by atoms with Crippen LogP contribution in [0.1, 0.15) is 330 Å². The van der Waals surface area contributed by atoms with E-state index in [0.29, 0.717) is 165 Å². The Hall–Kier alpha value is -6.36. The molecule has 26 aliphatic rings. The molecular formula is C115H166O24. The second-order valence-electron chi connectivity index (χ2n) is 54.2. The maximum atomic E-state index is 12.6. The largest absolute Gasteiger partial charge is 0.465 e. The fraction of sp³-hybridized carbons (Fsp3) is 0.896. The van der Waals surface area contributed by atoms with Crippen molar-refractivity contribution < 1.29 is 114 Å². The molecule has 26 rings (SSSR count). The van der Waals surface area contributed by atoms with Gasteiger partial charge in [-0.05, 0) is 408 Å². The Morgan fingerprint density at radius 2 is 0.633 bits per heavy atom. The molecule has 0 radical (unpaired) electrons. The molecule has 0 N–H and O–H groups in total. The smallest absolute Gasteiger partial charge is 0.312 e. The first-order valence-corrected chi connectivity index (χ1v) is 56.2. The minimum absolute atomic E-state index is 0.0000652. The van der Waals surface area contributed by atoms with E-state index >= 15 is 0 Å². The minimum atomic E-state index is -0.453. The number of rotatable bonds is 18. The van der Waals surface area contributed by atoms with Crippen LogP contribution in [0.15, 0.2) is 0 Å². The highest BCUT2D eigenvalue weighted by Crippen LogP contribution is 2.79. The normalized spacial score (nSPS) is 47.8. The molecule has 139 heavy (non-hydrogen) atoms. The highest BCUT2D eigenvalue weighted by molar-refractivity contribution is 5.83. The van der Waals surface area contributed by atoms with Crippen molar-refractivity contribution in [3.05, 3.63) is 0 Å². The van der Waals surface area contributed by atoms with Gasteiger partial charge < -0.3 is 56.8 Å². The summed E-state index contributed by atoms with van der Waals surface area (Å²) in [5.74, 6) is 17.6. The Kier molecular flexibility index (Phi) is 25.2. The Morgan fingerprint density at radius 3 is 0.993 bits per heavy atom. The molecule has 0 amide bonds. The molecule has 6 spiro atoms. The fourth-order valence-electron chi connectivity index (χ4n) is 38.2. The summed E-state index contributed by atoms with van der Waals surface area (Å²) in [6.45, 7) is 37.6. The van der Waals surface area contributed by atoms with E-state index in [0.717, 1.165) is 182 Å². The molecule has 43 unspecified atom stereocenters. The van der Waals surface area contributed by atoms with Crippen LogP contribution in [-0.4, -0.2) is 148 Å². The molecule has 20 bridgehead atoms. The van der Waals surface area contributed by atoms with Crippen LogP contribution in [0.4, 0.5) is 0 Å². The molecule has 20 saturated carbocycles. The zero-order valence-corrected chi connectivity index (χ0v) is 86.7. The molecule has 26 fully saturated rings. The summed E-state index contributed by atoms with van der Waals surface area (Å²) in [4.78, 5) is 146. The van der Waals surface area contributed by atoms with Gasteiger partial charge in [0.05, 0.1) is 109 Å². The Balaban J connectivity index is 0.0000000995. The lowest BCUT2D eigenvalue weighted by molar-refractivity contribution is -0.173. The highest BCUT2D eigenvalue weighted by Gasteiger charge is 2.77. The van der Waals surface area contributed by atoms with Crippen LogP contribution < -0.4 is 0 Å². The van der Waals surface area contributed by atoms with Crippen molar-refractivity contribution in [3.63, 3.8) is 0 Å². The van der Waals surface area contributed by atoms with Crippen LogP contribution in [0.25, 0.3) is 0 Å². The summed E-state index contributed by atoms with van der Waals surface area (Å²) in [5, 5.41) is 0. The number of ether oxygens (including phenoxy) is 12. The molecule has 43 atom stereocenters. The third kappa shape index (κ3) is 15.7. The van der Waals surface area contributed by atoms with E-state index in [1.54, 1.807) is 0 Å². The SMILES string of the molecule is CCC(C)(C)C(=O)OC1C(C)C2CC1C1(CCOC1=O)C2.CCC(C)(C)C(=O)OC1CC2CC1C1C2C2CC1C1(COC(=O)C1)C2.CCC(C)(C)C(=O)OC1CC2CC1C1C3CC(C21)C1(CCOC1=O)C3.CCC(C)(C)C(=O)OC1CC2CC1C1C3CC(C21)C1(COC(=O)C1)C3.CCC(C)C(=O)OC1CC2CC1C1(CCOC1=O)C2.CCC(C)C(=O)OC1CC2CC1C1C2C2CC1C1(COC(=O)C1)C2. The van der Waals surface area contributed by atoms with Crippen molar-refractivity contribution in [2.75, 3.05) is 39.6 Å². The average molecular weight is 1930 g/mol. The van der Waals surface area contributed by atoms with Crippen LogP contribution in [0, 0.1) is 238 Å². The first-order valence-electron chi connectivity index (χ1n) is 56.2. The van der Waals surface area contributed by atoms with Crippen molar-refractivity contribution in [1.29, 1.82) is 0 Å². The number of hydrogen-bond donors (Lipinski definition) is 0. The summed E-state index contributed by atoms with van der Waals surface area (Å²) in [6, 6.07) is 0. The van der Waals surface area contributed by atoms with Gasteiger partial charge in [-0.1, -0.05) is 62.3 Å². The van der Waals surface area contributed by atoms with Crippen molar-refractivity contribution in [2.24, 2.45) is 238 Å². The quantitative estimate of drug-likeness (QED) is 0.0699. The van der Waals surface area contributed by atoms with E-state index in [1.165, 1.54) is 64.2 Å². The van der Waals surface area contributed by atoms with Crippen LogP contribution in [0.5, 0.6) is 0 Å². The Morgan fingerprint density at radius 1 is 0.317 bits per heavy atom. The number of esters is 12. The van der Waals surface area contributed by atoms with Crippen LogP contribution in [0.3, 0.4) is 0 Å². The number of hydrogen-bond acceptors (Lipinski definition) is 24. The topological polar surface area (TPSA) is 316 Å². The van der Waals surface area contributed by atoms with Crippen LogP contribution >= 0.6 is 0 Å². The lowest BCUT2D eigenvalue weighted by Crippen LogP contribution is -2.46. The molecule has 6 heterocycles. The maximum Gasteiger partial charge on any atom is 0.312 e. The van der Waals surface area contributed by atoms with Gasteiger partial charge in [-0.2, -0.15) is 0 Å². The molecule has 24 nitrogen and oxygen atoms in total. The van der Waals surface area contributed by atoms with Crippen LogP contribution in [0.2, 0.25) is 0 Å². The van der Waals surface area contributed by atoms with Gasteiger partial charge in [-0.15, -0.1) is 0 Å². The van der Waals surface area contributed by atoms with Crippen molar-refractivity contribution in [3.8, 4) is 0 Å². The zero-order valence-electron chi connectivity index (χ0n) is 86.7. The van der Waals surface area contributed by atoms with Gasteiger partial charge in [0.2, 0.25) is 0 Å². The summed E-state index contributed by atoms with van der Waals surface area (Å²) < 4.78 is 67.6.